The maximum absolute atomic E-state index is 11.9. The average Bonchev–Trinajstić information content (AvgIpc) is 2.60. The van der Waals surface area contributed by atoms with Gasteiger partial charge in [-0.05, 0) is 37.6 Å². The number of nitrogens with one attached hydrogen (secondary N) is 3. The SMILES string of the molecule is CCNC(=NCc1cccc(S(=O)(=O)NC)c1)NCC(CC)CC. The van der Waals surface area contributed by atoms with Gasteiger partial charge in [-0.1, -0.05) is 38.8 Å². The lowest BCUT2D eigenvalue weighted by Gasteiger charge is -2.16. The summed E-state index contributed by atoms with van der Waals surface area (Å²) in [6.45, 7) is 8.48. The van der Waals surface area contributed by atoms with E-state index in [4.69, 9.17) is 0 Å². The van der Waals surface area contributed by atoms with Crippen molar-refractivity contribution in [3.8, 4) is 0 Å². The smallest absolute Gasteiger partial charge is 0.240 e. The molecule has 0 unspecified atom stereocenters. The number of nitrogens with zero attached hydrogens (tertiary/aromatic N) is 1. The number of guanidine groups is 1. The molecule has 0 aromatic heterocycles. The molecule has 136 valence electrons. The van der Waals surface area contributed by atoms with Crippen LogP contribution in [0.3, 0.4) is 0 Å². The number of sulfonamides is 1. The molecule has 0 saturated carbocycles. The average molecular weight is 355 g/mol. The summed E-state index contributed by atoms with van der Waals surface area (Å²) < 4.78 is 26.1. The van der Waals surface area contributed by atoms with Gasteiger partial charge in [0.1, 0.15) is 0 Å². The molecular formula is C17H30N4O2S. The lowest BCUT2D eigenvalue weighted by Crippen LogP contribution is -2.39. The van der Waals surface area contributed by atoms with Crippen LogP contribution >= 0.6 is 0 Å². The molecule has 0 atom stereocenters. The first-order valence-electron chi connectivity index (χ1n) is 8.51. The topological polar surface area (TPSA) is 82.6 Å². The molecule has 0 amide bonds. The van der Waals surface area contributed by atoms with Gasteiger partial charge in [0.2, 0.25) is 10.0 Å². The first kappa shape index (κ1) is 20.4. The van der Waals surface area contributed by atoms with E-state index in [9.17, 15) is 8.42 Å². The molecule has 6 nitrogen and oxygen atoms in total. The normalized spacial score (nSPS) is 12.5. The molecule has 7 heteroatoms. The summed E-state index contributed by atoms with van der Waals surface area (Å²) in [5.41, 5.74) is 0.853. The minimum absolute atomic E-state index is 0.257. The Balaban J connectivity index is 2.81. The summed E-state index contributed by atoms with van der Waals surface area (Å²) in [7, 11) is -2.02. The fourth-order valence-corrected chi connectivity index (χ4v) is 3.06. The second-order valence-electron chi connectivity index (χ2n) is 5.61. The van der Waals surface area contributed by atoms with Crippen molar-refractivity contribution >= 4 is 16.0 Å². The van der Waals surface area contributed by atoms with Crippen LogP contribution in [-0.4, -0.2) is 34.5 Å². The third-order valence-corrected chi connectivity index (χ3v) is 5.37. The second-order valence-corrected chi connectivity index (χ2v) is 7.50. The van der Waals surface area contributed by atoms with Gasteiger partial charge in [0, 0.05) is 13.1 Å². The highest BCUT2D eigenvalue weighted by atomic mass is 32.2. The second kappa shape index (κ2) is 10.3. The fourth-order valence-electron chi connectivity index (χ4n) is 2.26. The van der Waals surface area contributed by atoms with Crippen molar-refractivity contribution in [2.75, 3.05) is 20.1 Å². The Labute approximate surface area is 146 Å². The highest BCUT2D eigenvalue weighted by Gasteiger charge is 2.11. The van der Waals surface area contributed by atoms with Crippen LogP contribution in [0.4, 0.5) is 0 Å². The Kier molecular flexibility index (Phi) is 8.78. The number of hydrogen-bond donors (Lipinski definition) is 3. The lowest BCUT2D eigenvalue weighted by atomic mass is 10.0. The maximum atomic E-state index is 11.9. The van der Waals surface area contributed by atoms with Crippen molar-refractivity contribution < 1.29 is 8.42 Å². The quantitative estimate of drug-likeness (QED) is 0.468. The predicted octanol–water partition coefficient (Wildman–Crippen LogP) is 2.09. The molecule has 0 aliphatic rings. The first-order valence-corrected chi connectivity index (χ1v) is 9.99. The minimum atomic E-state index is -3.43. The zero-order valence-electron chi connectivity index (χ0n) is 15.1. The number of hydrogen-bond acceptors (Lipinski definition) is 3. The van der Waals surface area contributed by atoms with Gasteiger partial charge >= 0.3 is 0 Å². The number of benzene rings is 1. The van der Waals surface area contributed by atoms with Crippen LogP contribution in [0.25, 0.3) is 0 Å². The molecule has 1 rings (SSSR count). The summed E-state index contributed by atoms with van der Waals surface area (Å²) >= 11 is 0. The standard InChI is InChI=1S/C17H30N4O2S/c1-5-14(6-2)12-20-17(19-7-3)21-13-15-9-8-10-16(11-15)24(22,23)18-4/h8-11,14,18H,5-7,12-13H2,1-4H3,(H2,19,20,21). The maximum Gasteiger partial charge on any atom is 0.240 e. The largest absolute Gasteiger partial charge is 0.357 e. The van der Waals surface area contributed by atoms with Crippen molar-refractivity contribution in [3.63, 3.8) is 0 Å². The van der Waals surface area contributed by atoms with Crippen molar-refractivity contribution in [3.05, 3.63) is 29.8 Å². The summed E-state index contributed by atoms with van der Waals surface area (Å²) in [5.74, 6) is 1.38. The summed E-state index contributed by atoms with van der Waals surface area (Å²) in [5, 5.41) is 6.58. The van der Waals surface area contributed by atoms with Crippen LogP contribution in [0.15, 0.2) is 34.2 Å². The first-order chi connectivity index (χ1) is 11.5. The molecule has 0 spiro atoms. The third kappa shape index (κ3) is 6.49. The van der Waals surface area contributed by atoms with Gasteiger partial charge in [-0.15, -0.1) is 0 Å². The van der Waals surface area contributed by atoms with Crippen LogP contribution in [-0.2, 0) is 16.6 Å². The van der Waals surface area contributed by atoms with Crippen molar-refractivity contribution in [2.45, 2.75) is 45.1 Å². The molecule has 0 radical (unpaired) electrons. The zero-order chi connectivity index (χ0) is 18.0. The molecule has 1 aromatic carbocycles. The Morgan fingerprint density at radius 1 is 1.17 bits per heavy atom. The minimum Gasteiger partial charge on any atom is -0.357 e. The molecule has 0 aliphatic heterocycles. The van der Waals surface area contributed by atoms with Gasteiger partial charge in [-0.2, -0.15) is 0 Å². The van der Waals surface area contributed by atoms with Gasteiger partial charge < -0.3 is 10.6 Å². The van der Waals surface area contributed by atoms with E-state index in [0.29, 0.717) is 12.5 Å². The van der Waals surface area contributed by atoms with E-state index in [1.54, 1.807) is 18.2 Å². The van der Waals surface area contributed by atoms with Crippen molar-refractivity contribution in [1.82, 2.24) is 15.4 Å². The van der Waals surface area contributed by atoms with E-state index in [-0.39, 0.29) is 4.90 Å². The molecule has 0 aliphatic carbocycles. The van der Waals surface area contributed by atoms with E-state index >= 15 is 0 Å². The lowest BCUT2D eigenvalue weighted by molar-refractivity contribution is 0.481. The van der Waals surface area contributed by atoms with E-state index < -0.39 is 10.0 Å². The van der Waals surface area contributed by atoms with Crippen LogP contribution in [0.5, 0.6) is 0 Å². The van der Waals surface area contributed by atoms with Crippen LogP contribution in [0, 0.1) is 5.92 Å². The van der Waals surface area contributed by atoms with Gasteiger partial charge in [0.05, 0.1) is 11.4 Å². The molecule has 24 heavy (non-hydrogen) atoms. The number of rotatable bonds is 9. The van der Waals surface area contributed by atoms with Gasteiger partial charge in [0.15, 0.2) is 5.96 Å². The molecule has 1 aromatic rings. The monoisotopic (exact) mass is 354 g/mol. The number of aliphatic imine (C=N–C) groups is 1. The molecule has 0 bridgehead atoms. The Hall–Kier alpha value is -1.60. The molecule has 0 saturated heterocycles. The Morgan fingerprint density at radius 2 is 1.88 bits per heavy atom. The van der Waals surface area contributed by atoms with E-state index in [1.165, 1.54) is 7.05 Å². The van der Waals surface area contributed by atoms with Gasteiger partial charge in [0.25, 0.3) is 0 Å². The van der Waals surface area contributed by atoms with E-state index in [2.05, 4.69) is 34.2 Å². The van der Waals surface area contributed by atoms with Crippen LogP contribution < -0.4 is 15.4 Å². The van der Waals surface area contributed by atoms with E-state index in [1.807, 2.05) is 13.0 Å². The molecular weight excluding hydrogens is 324 g/mol. The summed E-state index contributed by atoms with van der Waals surface area (Å²) in [4.78, 5) is 4.81. The fraction of sp³-hybridized carbons (Fsp3) is 0.588. The van der Waals surface area contributed by atoms with Gasteiger partial charge in [-0.25, -0.2) is 18.1 Å². The molecule has 3 N–H and O–H groups in total. The van der Waals surface area contributed by atoms with Crippen LogP contribution in [0.2, 0.25) is 0 Å². The third-order valence-electron chi connectivity index (χ3n) is 3.95. The highest BCUT2D eigenvalue weighted by Crippen LogP contribution is 2.12. The van der Waals surface area contributed by atoms with Crippen molar-refractivity contribution in [2.24, 2.45) is 10.9 Å². The van der Waals surface area contributed by atoms with E-state index in [0.717, 1.165) is 37.5 Å². The molecule has 0 fully saturated rings. The summed E-state index contributed by atoms with van der Waals surface area (Å²) in [6.07, 6.45) is 2.26. The predicted molar refractivity (Wildman–Crippen MR) is 99.6 cm³/mol. The summed E-state index contributed by atoms with van der Waals surface area (Å²) in [6, 6.07) is 6.84. The molecule has 0 heterocycles. The van der Waals surface area contributed by atoms with Crippen LogP contribution in [0.1, 0.15) is 39.2 Å². The van der Waals surface area contributed by atoms with Crippen molar-refractivity contribution in [1.29, 1.82) is 0 Å². The zero-order valence-corrected chi connectivity index (χ0v) is 15.9. The highest BCUT2D eigenvalue weighted by molar-refractivity contribution is 7.89. The van der Waals surface area contributed by atoms with Gasteiger partial charge in [-0.3, -0.25) is 0 Å². The Bertz CT molecular complexity index is 625. The Morgan fingerprint density at radius 3 is 2.46 bits per heavy atom.